The number of methoxy groups -OCH3 is 1. The summed E-state index contributed by atoms with van der Waals surface area (Å²) in [6, 6.07) is 5.43. The lowest BCUT2D eigenvalue weighted by molar-refractivity contribution is -0.134. The summed E-state index contributed by atoms with van der Waals surface area (Å²) in [4.78, 5) is 11.9. The molecule has 0 bridgehead atoms. The largest absolute Gasteiger partial charge is 0.493 e. The van der Waals surface area contributed by atoms with E-state index in [1.54, 1.807) is 19.3 Å². The summed E-state index contributed by atoms with van der Waals surface area (Å²) < 4.78 is 10.7. The fourth-order valence-electron chi connectivity index (χ4n) is 2.65. The zero-order valence-electron chi connectivity index (χ0n) is 15.3. The third-order valence-corrected chi connectivity index (χ3v) is 4.13. The van der Waals surface area contributed by atoms with Crippen LogP contribution in [0.2, 0.25) is 0 Å². The molecular weight excluding hydrogens is 300 g/mol. The van der Waals surface area contributed by atoms with Gasteiger partial charge in [-0.15, -0.1) is 0 Å². The molecule has 0 heterocycles. The van der Waals surface area contributed by atoms with Gasteiger partial charge in [-0.25, -0.2) is 0 Å². The van der Waals surface area contributed by atoms with Crippen LogP contribution >= 0.6 is 0 Å². The van der Waals surface area contributed by atoms with E-state index in [1.165, 1.54) is 44.9 Å². The van der Waals surface area contributed by atoms with E-state index >= 15 is 0 Å². The van der Waals surface area contributed by atoms with Crippen molar-refractivity contribution >= 4 is 12.0 Å². The number of carbonyl (C=O) groups is 1. The summed E-state index contributed by atoms with van der Waals surface area (Å²) >= 11 is 0. The number of carbonyl (C=O) groups excluding carboxylic acids is 1. The highest BCUT2D eigenvalue weighted by atomic mass is 16.6. The quantitative estimate of drug-likeness (QED) is 0.246. The minimum atomic E-state index is -0.192. The summed E-state index contributed by atoms with van der Waals surface area (Å²) in [5.41, 5.74) is 0.936. The van der Waals surface area contributed by atoms with Crippen LogP contribution in [0.1, 0.15) is 76.7 Å². The van der Waals surface area contributed by atoms with Gasteiger partial charge in [0.2, 0.25) is 0 Å². The molecular formula is C21H32O3. The van der Waals surface area contributed by atoms with Gasteiger partial charge in [0.1, 0.15) is 0 Å². The molecule has 24 heavy (non-hydrogen) atoms. The first-order valence-corrected chi connectivity index (χ1v) is 9.22. The van der Waals surface area contributed by atoms with Crippen LogP contribution in [0.15, 0.2) is 24.8 Å². The van der Waals surface area contributed by atoms with Gasteiger partial charge in [0.25, 0.3) is 0 Å². The fraction of sp³-hybridized carbons (Fsp3) is 0.571. The van der Waals surface area contributed by atoms with E-state index in [0.717, 1.165) is 18.4 Å². The molecule has 1 rings (SSSR count). The standard InChI is InChI=1S/C21H32O3/c1-4-6-7-8-9-10-11-12-13-14-21(22)24-19-16-15-18(5-2)17-20(19)23-3/h5,15-17H,2,4,6-14H2,1,3H3. The molecule has 0 unspecified atom stereocenters. The minimum absolute atomic E-state index is 0.192. The second-order valence-corrected chi connectivity index (χ2v) is 6.17. The van der Waals surface area contributed by atoms with Crippen LogP contribution in [0.5, 0.6) is 11.5 Å². The van der Waals surface area contributed by atoms with Crippen molar-refractivity contribution in [3.05, 3.63) is 30.3 Å². The van der Waals surface area contributed by atoms with Crippen molar-refractivity contribution in [2.75, 3.05) is 7.11 Å². The number of hydrogen-bond donors (Lipinski definition) is 0. The molecule has 0 aliphatic rings. The first-order valence-electron chi connectivity index (χ1n) is 9.22. The molecule has 0 radical (unpaired) electrons. The third kappa shape index (κ3) is 8.19. The van der Waals surface area contributed by atoms with Crippen molar-refractivity contribution in [2.24, 2.45) is 0 Å². The van der Waals surface area contributed by atoms with Crippen molar-refractivity contribution in [2.45, 2.75) is 71.1 Å². The Kier molecular flexibility index (Phi) is 10.7. The van der Waals surface area contributed by atoms with E-state index in [-0.39, 0.29) is 5.97 Å². The van der Waals surface area contributed by atoms with Crippen LogP contribution in [0.3, 0.4) is 0 Å². The Balaban J connectivity index is 2.19. The highest BCUT2D eigenvalue weighted by Gasteiger charge is 2.10. The molecule has 3 heteroatoms. The zero-order valence-corrected chi connectivity index (χ0v) is 15.3. The maximum atomic E-state index is 11.9. The molecule has 134 valence electrons. The highest BCUT2D eigenvalue weighted by molar-refractivity contribution is 5.73. The Morgan fingerprint density at radius 2 is 1.62 bits per heavy atom. The van der Waals surface area contributed by atoms with E-state index in [9.17, 15) is 4.79 Å². The Morgan fingerprint density at radius 3 is 2.21 bits per heavy atom. The van der Waals surface area contributed by atoms with Crippen molar-refractivity contribution in [1.29, 1.82) is 0 Å². The van der Waals surface area contributed by atoms with Crippen LogP contribution in [0.4, 0.5) is 0 Å². The van der Waals surface area contributed by atoms with Crippen molar-refractivity contribution in [3.63, 3.8) is 0 Å². The molecule has 1 aromatic carbocycles. The smallest absolute Gasteiger partial charge is 0.311 e. The second-order valence-electron chi connectivity index (χ2n) is 6.17. The molecule has 0 aromatic heterocycles. The highest BCUT2D eigenvalue weighted by Crippen LogP contribution is 2.29. The predicted molar refractivity (Wildman–Crippen MR) is 101 cm³/mol. The average Bonchev–Trinajstić information content (AvgIpc) is 2.60. The Hall–Kier alpha value is -1.77. The molecule has 0 spiro atoms. The summed E-state index contributed by atoms with van der Waals surface area (Å²) in [5, 5.41) is 0. The first-order chi connectivity index (χ1) is 11.7. The van der Waals surface area contributed by atoms with Gasteiger partial charge in [0.15, 0.2) is 11.5 Å². The molecule has 0 aliphatic carbocycles. The van der Waals surface area contributed by atoms with E-state index in [0.29, 0.717) is 17.9 Å². The van der Waals surface area contributed by atoms with Crippen molar-refractivity contribution < 1.29 is 14.3 Å². The lowest BCUT2D eigenvalue weighted by Gasteiger charge is -2.10. The van der Waals surface area contributed by atoms with E-state index in [2.05, 4.69) is 13.5 Å². The molecule has 0 saturated carbocycles. The molecule has 3 nitrogen and oxygen atoms in total. The Bertz CT molecular complexity index is 494. The zero-order chi connectivity index (χ0) is 17.6. The van der Waals surface area contributed by atoms with Crippen molar-refractivity contribution in [1.82, 2.24) is 0 Å². The summed E-state index contributed by atoms with van der Waals surface area (Å²) in [7, 11) is 1.57. The van der Waals surface area contributed by atoms with E-state index in [1.807, 2.05) is 12.1 Å². The van der Waals surface area contributed by atoms with Gasteiger partial charge in [-0.05, 0) is 24.1 Å². The van der Waals surface area contributed by atoms with Gasteiger partial charge >= 0.3 is 5.97 Å². The lowest BCUT2D eigenvalue weighted by atomic mass is 10.1. The number of ether oxygens (including phenoxy) is 2. The number of unbranched alkanes of at least 4 members (excludes halogenated alkanes) is 8. The van der Waals surface area contributed by atoms with Gasteiger partial charge in [0, 0.05) is 6.42 Å². The molecule has 0 aliphatic heterocycles. The molecule has 0 atom stereocenters. The summed E-state index contributed by atoms with van der Waals surface area (Å²) in [6.07, 6.45) is 13.3. The minimum Gasteiger partial charge on any atom is -0.493 e. The van der Waals surface area contributed by atoms with Crippen LogP contribution in [0, 0.1) is 0 Å². The second kappa shape index (κ2) is 12.6. The van der Waals surface area contributed by atoms with Crippen LogP contribution in [-0.4, -0.2) is 13.1 Å². The fourth-order valence-corrected chi connectivity index (χ4v) is 2.65. The first kappa shape index (κ1) is 20.3. The number of rotatable bonds is 13. The van der Waals surface area contributed by atoms with Gasteiger partial charge in [-0.3, -0.25) is 4.79 Å². The number of benzene rings is 1. The SMILES string of the molecule is C=Cc1ccc(OC(=O)CCCCCCCCCCC)c(OC)c1. The Morgan fingerprint density at radius 1 is 1.00 bits per heavy atom. The van der Waals surface area contributed by atoms with Gasteiger partial charge in [-0.1, -0.05) is 77.0 Å². The molecule has 0 saturated heterocycles. The van der Waals surface area contributed by atoms with Crippen molar-refractivity contribution in [3.8, 4) is 11.5 Å². The number of hydrogen-bond acceptors (Lipinski definition) is 3. The summed E-state index contributed by atoms with van der Waals surface area (Å²) in [5.74, 6) is 0.847. The number of esters is 1. The van der Waals surface area contributed by atoms with Crippen LogP contribution in [0.25, 0.3) is 6.08 Å². The molecule has 1 aromatic rings. The Labute approximate surface area is 147 Å². The normalized spacial score (nSPS) is 10.4. The topological polar surface area (TPSA) is 35.5 Å². The van der Waals surface area contributed by atoms with Crippen LogP contribution < -0.4 is 9.47 Å². The molecule has 0 N–H and O–H groups in total. The lowest BCUT2D eigenvalue weighted by Crippen LogP contribution is -2.08. The predicted octanol–water partition coefficient (Wildman–Crippen LogP) is 6.16. The maximum absolute atomic E-state index is 11.9. The third-order valence-electron chi connectivity index (χ3n) is 4.13. The molecule has 0 fully saturated rings. The van der Waals surface area contributed by atoms with Gasteiger partial charge in [0.05, 0.1) is 7.11 Å². The molecule has 0 amide bonds. The van der Waals surface area contributed by atoms with Gasteiger partial charge < -0.3 is 9.47 Å². The van der Waals surface area contributed by atoms with Gasteiger partial charge in [-0.2, -0.15) is 0 Å². The monoisotopic (exact) mass is 332 g/mol. The van der Waals surface area contributed by atoms with Crippen LogP contribution in [-0.2, 0) is 4.79 Å². The average molecular weight is 332 g/mol. The van der Waals surface area contributed by atoms with E-state index in [4.69, 9.17) is 9.47 Å². The maximum Gasteiger partial charge on any atom is 0.311 e. The summed E-state index contributed by atoms with van der Waals surface area (Å²) in [6.45, 7) is 5.96. The van der Waals surface area contributed by atoms with E-state index < -0.39 is 0 Å².